The van der Waals surface area contributed by atoms with Crippen molar-refractivity contribution in [1.82, 2.24) is 0 Å². The van der Waals surface area contributed by atoms with E-state index in [2.05, 4.69) is 0 Å². The predicted molar refractivity (Wildman–Crippen MR) is 111 cm³/mol. The van der Waals surface area contributed by atoms with Crippen LogP contribution in [0.1, 0.15) is 0 Å². The van der Waals surface area contributed by atoms with Crippen molar-refractivity contribution >= 4 is 25.2 Å². The summed E-state index contributed by atoms with van der Waals surface area (Å²) in [5.74, 6) is -1.05. The number of para-hydroxylation sites is 3. The summed E-state index contributed by atoms with van der Waals surface area (Å²) in [5, 5.41) is 0. The second-order valence-corrected chi connectivity index (χ2v) is 16.9. The van der Waals surface area contributed by atoms with Gasteiger partial charge in [0.15, 0.2) is 0 Å². The fraction of sp³-hybridized carbons (Fsp3) is 0. The minimum absolute atomic E-state index is 0.350. The molecule has 0 unspecified atom stereocenters. The topological polar surface area (TPSA) is 136 Å². The van der Waals surface area contributed by atoms with Crippen LogP contribution >= 0.6 is 5.69 Å². The minimum atomic E-state index is -6.94. The SMILES string of the molecule is O=S(=O)(O)P(Oc1ccccc1)(Oc1ccccc1)(Oc1ccccc1)S(=O)(=O)O. The van der Waals surface area contributed by atoms with Gasteiger partial charge in [0.25, 0.3) is 0 Å². The van der Waals surface area contributed by atoms with Crippen LogP contribution in [0.15, 0.2) is 91.0 Å². The van der Waals surface area contributed by atoms with Crippen molar-refractivity contribution in [2.75, 3.05) is 0 Å². The van der Waals surface area contributed by atoms with Gasteiger partial charge in [0.05, 0.1) is 0 Å². The standard InChI is InChI=1S/C18H17O9PS2/c19-29(20,21)28(30(22,23)24,25-16-10-4-1-5-11-16,26-17-12-6-2-7-13-17)27-18-14-8-3-9-15-18/h1-15H,(H,19,20,21)(H,22,23,24). The summed E-state index contributed by atoms with van der Waals surface area (Å²) in [6.45, 7) is 0. The summed E-state index contributed by atoms with van der Waals surface area (Å²) in [5.41, 5.74) is -6.94. The van der Waals surface area contributed by atoms with E-state index in [1.165, 1.54) is 72.8 Å². The van der Waals surface area contributed by atoms with Gasteiger partial charge >= 0.3 is 173 Å². The van der Waals surface area contributed by atoms with Crippen molar-refractivity contribution in [3.05, 3.63) is 91.0 Å². The van der Waals surface area contributed by atoms with Crippen molar-refractivity contribution in [2.24, 2.45) is 0 Å². The normalized spacial score (nSPS) is 13.6. The van der Waals surface area contributed by atoms with Gasteiger partial charge in [0.2, 0.25) is 0 Å². The van der Waals surface area contributed by atoms with E-state index in [1.54, 1.807) is 18.2 Å². The third-order valence-electron chi connectivity index (χ3n) is 3.75. The van der Waals surface area contributed by atoms with Gasteiger partial charge in [-0.1, -0.05) is 0 Å². The average Bonchev–Trinajstić information content (AvgIpc) is 2.68. The van der Waals surface area contributed by atoms with Gasteiger partial charge in [-0.25, -0.2) is 0 Å². The Labute approximate surface area is 173 Å². The van der Waals surface area contributed by atoms with E-state index in [4.69, 9.17) is 13.6 Å². The van der Waals surface area contributed by atoms with Crippen molar-refractivity contribution in [3.8, 4) is 17.2 Å². The average molecular weight is 472 g/mol. The van der Waals surface area contributed by atoms with Gasteiger partial charge in [0, 0.05) is 0 Å². The van der Waals surface area contributed by atoms with Crippen LogP contribution in [0.4, 0.5) is 0 Å². The van der Waals surface area contributed by atoms with Crippen molar-refractivity contribution in [3.63, 3.8) is 0 Å². The molecule has 12 heteroatoms. The van der Waals surface area contributed by atoms with Crippen molar-refractivity contribution in [2.45, 2.75) is 0 Å². The van der Waals surface area contributed by atoms with E-state index < -0.39 is 25.2 Å². The fourth-order valence-corrected chi connectivity index (χ4v) is 10.8. The maximum absolute atomic E-state index is 12.7. The molecule has 0 aliphatic heterocycles. The molecule has 0 atom stereocenters. The zero-order valence-corrected chi connectivity index (χ0v) is 17.7. The molecule has 3 aromatic rings. The molecule has 0 amide bonds. The van der Waals surface area contributed by atoms with E-state index in [9.17, 15) is 25.9 Å². The summed E-state index contributed by atoms with van der Waals surface area (Å²) in [6.07, 6.45) is 0. The molecular formula is C18H17O9PS2. The molecule has 0 saturated carbocycles. The van der Waals surface area contributed by atoms with Gasteiger partial charge in [-0.15, -0.1) is 0 Å². The van der Waals surface area contributed by atoms with Crippen LogP contribution in [-0.2, 0) is 19.5 Å². The van der Waals surface area contributed by atoms with Crippen LogP contribution in [0, 0.1) is 0 Å². The molecule has 9 nitrogen and oxygen atoms in total. The number of hydrogen-bond acceptors (Lipinski definition) is 7. The molecule has 0 aliphatic carbocycles. The Kier molecular flexibility index (Phi) is 5.76. The predicted octanol–water partition coefficient (Wildman–Crippen LogP) is 4.13. The third-order valence-corrected chi connectivity index (χ3v) is 16.0. The summed E-state index contributed by atoms with van der Waals surface area (Å²) < 4.78 is 87.4. The Bertz CT molecular complexity index is 1080. The van der Waals surface area contributed by atoms with E-state index in [1.807, 2.05) is 0 Å². The first kappa shape index (κ1) is 22.0. The van der Waals surface area contributed by atoms with Crippen LogP contribution < -0.4 is 13.6 Å². The second kappa shape index (κ2) is 7.86. The van der Waals surface area contributed by atoms with E-state index in [-0.39, 0.29) is 17.2 Å². The Hall–Kier alpha value is -2.69. The monoisotopic (exact) mass is 472 g/mol. The maximum atomic E-state index is 12.7. The number of hydrogen-bond donors (Lipinski definition) is 2. The zero-order valence-electron chi connectivity index (χ0n) is 15.2. The number of rotatable bonds is 8. The number of benzene rings is 3. The summed E-state index contributed by atoms with van der Waals surface area (Å²) >= 11 is 0. The van der Waals surface area contributed by atoms with Crippen LogP contribution in [-0.4, -0.2) is 25.9 Å². The van der Waals surface area contributed by atoms with Crippen LogP contribution in [0.25, 0.3) is 0 Å². The molecule has 0 aliphatic rings. The van der Waals surface area contributed by atoms with Crippen LogP contribution in [0.3, 0.4) is 0 Å². The Morgan fingerprint density at radius 1 is 0.500 bits per heavy atom. The molecule has 0 bridgehead atoms. The third kappa shape index (κ3) is 3.73. The molecule has 3 rings (SSSR count). The molecule has 30 heavy (non-hydrogen) atoms. The van der Waals surface area contributed by atoms with Gasteiger partial charge < -0.3 is 0 Å². The van der Waals surface area contributed by atoms with Gasteiger partial charge in [-0.3, -0.25) is 0 Å². The van der Waals surface area contributed by atoms with E-state index >= 15 is 0 Å². The van der Waals surface area contributed by atoms with Crippen molar-refractivity contribution in [1.29, 1.82) is 0 Å². The van der Waals surface area contributed by atoms with Crippen LogP contribution in [0.5, 0.6) is 17.2 Å². The quantitative estimate of drug-likeness (QED) is 0.366. The Balaban J connectivity index is 2.40. The summed E-state index contributed by atoms with van der Waals surface area (Å²) in [4.78, 5) is 0. The van der Waals surface area contributed by atoms with E-state index in [0.29, 0.717) is 0 Å². The second-order valence-electron chi connectivity index (χ2n) is 5.85. The Morgan fingerprint density at radius 3 is 0.933 bits per heavy atom. The molecule has 2 N–H and O–H groups in total. The molecule has 0 radical (unpaired) electrons. The van der Waals surface area contributed by atoms with Gasteiger partial charge in [-0.2, -0.15) is 0 Å². The molecular weight excluding hydrogens is 455 g/mol. The summed E-state index contributed by atoms with van der Waals surface area (Å²) in [7, 11) is -11.8. The van der Waals surface area contributed by atoms with Gasteiger partial charge in [-0.05, 0) is 0 Å². The first-order valence-electron chi connectivity index (χ1n) is 8.29. The Morgan fingerprint density at radius 2 is 0.733 bits per heavy atom. The fourth-order valence-electron chi connectivity index (χ4n) is 2.42. The summed E-state index contributed by atoms with van der Waals surface area (Å²) in [6, 6.07) is 20.4. The molecule has 160 valence electrons. The van der Waals surface area contributed by atoms with Crippen LogP contribution in [0.2, 0.25) is 0 Å². The van der Waals surface area contributed by atoms with E-state index in [0.717, 1.165) is 0 Å². The van der Waals surface area contributed by atoms with Crippen molar-refractivity contribution < 1.29 is 39.5 Å². The first-order chi connectivity index (χ1) is 14.1. The molecule has 0 heterocycles. The molecule has 0 saturated heterocycles. The first-order valence-corrected chi connectivity index (χ1v) is 14.4. The molecule has 0 spiro atoms. The zero-order chi connectivity index (χ0) is 21.9. The molecule has 3 aromatic carbocycles. The molecule has 0 fully saturated rings. The van der Waals surface area contributed by atoms with Gasteiger partial charge in [0.1, 0.15) is 0 Å². The molecule has 0 aromatic heterocycles.